The van der Waals surface area contributed by atoms with Gasteiger partial charge in [-0.2, -0.15) is 5.10 Å². The Bertz CT molecular complexity index is 494. The molecule has 3 rings (SSSR count). The summed E-state index contributed by atoms with van der Waals surface area (Å²) >= 11 is 0. The van der Waals surface area contributed by atoms with Gasteiger partial charge in [0, 0.05) is 6.20 Å². The Morgan fingerprint density at radius 3 is 2.95 bits per heavy atom. The molecule has 1 unspecified atom stereocenters. The van der Waals surface area contributed by atoms with E-state index >= 15 is 0 Å². The highest BCUT2D eigenvalue weighted by Gasteiger charge is 2.41. The molecule has 2 heterocycles. The molecule has 1 saturated carbocycles. The summed E-state index contributed by atoms with van der Waals surface area (Å²) in [4.78, 5) is 11.8. The van der Waals surface area contributed by atoms with E-state index in [0.29, 0.717) is 12.4 Å². The molecule has 116 valence electrons. The molecule has 0 bridgehead atoms. The summed E-state index contributed by atoms with van der Waals surface area (Å²) < 4.78 is 13.0. The summed E-state index contributed by atoms with van der Waals surface area (Å²) in [7, 11) is 0. The SMILES string of the molecule is Nc1ccn(CC(=O)OCC2CCC3(CCCCC3)O2)n1. The fraction of sp³-hybridized carbons (Fsp3) is 0.733. The summed E-state index contributed by atoms with van der Waals surface area (Å²) in [6.45, 7) is 0.437. The van der Waals surface area contributed by atoms with Crippen LogP contribution >= 0.6 is 0 Å². The quantitative estimate of drug-likeness (QED) is 0.858. The van der Waals surface area contributed by atoms with E-state index in [1.165, 1.54) is 23.9 Å². The molecule has 0 aromatic carbocycles. The maximum atomic E-state index is 11.8. The number of carbonyl (C=O) groups is 1. The largest absolute Gasteiger partial charge is 0.462 e. The number of nitrogens with two attached hydrogens (primary N) is 1. The average molecular weight is 293 g/mol. The van der Waals surface area contributed by atoms with Crippen molar-refractivity contribution in [2.45, 2.75) is 63.2 Å². The van der Waals surface area contributed by atoms with Gasteiger partial charge in [0.2, 0.25) is 0 Å². The van der Waals surface area contributed by atoms with E-state index in [1.807, 2.05) is 0 Å². The lowest BCUT2D eigenvalue weighted by molar-refractivity contribution is -0.151. The highest BCUT2D eigenvalue weighted by Crippen LogP contribution is 2.41. The van der Waals surface area contributed by atoms with Crippen LogP contribution in [0.5, 0.6) is 0 Å². The molecule has 1 aromatic rings. The van der Waals surface area contributed by atoms with Crippen molar-refractivity contribution in [3.05, 3.63) is 12.3 Å². The molecule has 2 N–H and O–H groups in total. The molecular weight excluding hydrogens is 270 g/mol. The minimum atomic E-state index is -0.300. The van der Waals surface area contributed by atoms with Crippen molar-refractivity contribution in [2.75, 3.05) is 12.3 Å². The van der Waals surface area contributed by atoms with Crippen LogP contribution in [0.1, 0.15) is 44.9 Å². The molecule has 1 atom stereocenters. The Hall–Kier alpha value is -1.56. The Morgan fingerprint density at radius 1 is 1.43 bits per heavy atom. The molecule has 1 saturated heterocycles. The second-order valence-electron chi connectivity index (χ2n) is 6.14. The summed E-state index contributed by atoms with van der Waals surface area (Å²) in [5.74, 6) is 0.104. The van der Waals surface area contributed by atoms with Crippen molar-refractivity contribution in [1.29, 1.82) is 0 Å². The van der Waals surface area contributed by atoms with Gasteiger partial charge in [-0.3, -0.25) is 9.48 Å². The second-order valence-corrected chi connectivity index (χ2v) is 6.14. The number of rotatable bonds is 4. The number of nitrogen functional groups attached to an aromatic ring is 1. The Balaban J connectivity index is 1.42. The minimum absolute atomic E-state index is 0.0507. The van der Waals surface area contributed by atoms with Crippen LogP contribution in [-0.4, -0.2) is 34.1 Å². The second kappa shape index (κ2) is 6.05. The van der Waals surface area contributed by atoms with E-state index < -0.39 is 0 Å². The van der Waals surface area contributed by atoms with Gasteiger partial charge < -0.3 is 15.2 Å². The highest BCUT2D eigenvalue weighted by molar-refractivity contribution is 5.69. The molecule has 21 heavy (non-hydrogen) atoms. The van der Waals surface area contributed by atoms with Crippen LogP contribution in [0.2, 0.25) is 0 Å². The predicted molar refractivity (Wildman–Crippen MR) is 77.5 cm³/mol. The van der Waals surface area contributed by atoms with Crippen molar-refractivity contribution in [3.63, 3.8) is 0 Å². The lowest BCUT2D eigenvalue weighted by atomic mass is 9.83. The third-order valence-electron chi connectivity index (χ3n) is 4.49. The van der Waals surface area contributed by atoms with E-state index in [9.17, 15) is 4.79 Å². The Kier molecular flexibility index (Phi) is 4.14. The van der Waals surface area contributed by atoms with Crippen LogP contribution in [0.25, 0.3) is 0 Å². The number of ether oxygens (including phenoxy) is 2. The van der Waals surface area contributed by atoms with Crippen LogP contribution in [0.15, 0.2) is 12.3 Å². The number of anilines is 1. The molecule has 6 nitrogen and oxygen atoms in total. The number of hydrogen-bond donors (Lipinski definition) is 1. The van der Waals surface area contributed by atoms with Crippen molar-refractivity contribution in [3.8, 4) is 0 Å². The van der Waals surface area contributed by atoms with E-state index in [4.69, 9.17) is 15.2 Å². The average Bonchev–Trinajstić information content (AvgIpc) is 3.05. The monoisotopic (exact) mass is 293 g/mol. The van der Waals surface area contributed by atoms with Gasteiger partial charge in [0.1, 0.15) is 19.0 Å². The van der Waals surface area contributed by atoms with E-state index in [-0.39, 0.29) is 24.2 Å². The molecule has 0 amide bonds. The normalized spacial score (nSPS) is 24.3. The van der Waals surface area contributed by atoms with Crippen molar-refractivity contribution in [1.82, 2.24) is 9.78 Å². The lowest BCUT2D eigenvalue weighted by Gasteiger charge is -2.33. The van der Waals surface area contributed by atoms with Gasteiger partial charge in [-0.15, -0.1) is 0 Å². The Labute approximate surface area is 124 Å². The third kappa shape index (κ3) is 3.56. The summed E-state index contributed by atoms with van der Waals surface area (Å²) in [6.07, 6.45) is 9.95. The summed E-state index contributed by atoms with van der Waals surface area (Å²) in [5.41, 5.74) is 5.58. The van der Waals surface area contributed by atoms with Gasteiger partial charge in [0.25, 0.3) is 0 Å². The van der Waals surface area contributed by atoms with Crippen LogP contribution in [0.4, 0.5) is 5.82 Å². The van der Waals surface area contributed by atoms with Gasteiger partial charge >= 0.3 is 5.97 Å². The van der Waals surface area contributed by atoms with Crippen LogP contribution in [-0.2, 0) is 20.8 Å². The van der Waals surface area contributed by atoms with Gasteiger partial charge in [-0.05, 0) is 31.7 Å². The highest BCUT2D eigenvalue weighted by atomic mass is 16.6. The first-order chi connectivity index (χ1) is 10.2. The molecule has 0 radical (unpaired) electrons. The zero-order chi connectivity index (χ0) is 14.7. The lowest BCUT2D eigenvalue weighted by Crippen LogP contribution is -2.33. The molecule has 1 spiro atoms. The maximum absolute atomic E-state index is 11.8. The molecule has 2 fully saturated rings. The predicted octanol–water partition coefficient (Wildman–Crippen LogP) is 1.89. The molecule has 1 aliphatic carbocycles. The number of aromatic nitrogens is 2. The molecule has 2 aliphatic rings. The van der Waals surface area contributed by atoms with Gasteiger partial charge in [0.05, 0.1) is 11.7 Å². The molecule has 1 aliphatic heterocycles. The van der Waals surface area contributed by atoms with Crippen LogP contribution in [0, 0.1) is 0 Å². The molecule has 1 aromatic heterocycles. The van der Waals surface area contributed by atoms with E-state index in [2.05, 4.69) is 5.10 Å². The van der Waals surface area contributed by atoms with Gasteiger partial charge in [0.15, 0.2) is 0 Å². The zero-order valence-electron chi connectivity index (χ0n) is 12.3. The van der Waals surface area contributed by atoms with E-state index in [1.54, 1.807) is 12.3 Å². The topological polar surface area (TPSA) is 79.4 Å². The van der Waals surface area contributed by atoms with Crippen molar-refractivity contribution < 1.29 is 14.3 Å². The zero-order valence-corrected chi connectivity index (χ0v) is 12.3. The fourth-order valence-corrected chi connectivity index (χ4v) is 3.41. The first kappa shape index (κ1) is 14.4. The molecular formula is C15H23N3O3. The Morgan fingerprint density at radius 2 is 2.24 bits per heavy atom. The van der Waals surface area contributed by atoms with Gasteiger partial charge in [-0.25, -0.2) is 0 Å². The number of esters is 1. The van der Waals surface area contributed by atoms with Crippen molar-refractivity contribution >= 4 is 11.8 Å². The van der Waals surface area contributed by atoms with Crippen LogP contribution < -0.4 is 5.73 Å². The molecule has 6 heteroatoms. The summed E-state index contributed by atoms with van der Waals surface area (Å²) in [6, 6.07) is 1.65. The van der Waals surface area contributed by atoms with Crippen molar-refractivity contribution in [2.24, 2.45) is 0 Å². The van der Waals surface area contributed by atoms with Crippen LogP contribution in [0.3, 0.4) is 0 Å². The fourth-order valence-electron chi connectivity index (χ4n) is 3.41. The first-order valence-corrected chi connectivity index (χ1v) is 7.78. The number of hydrogen-bond acceptors (Lipinski definition) is 5. The van der Waals surface area contributed by atoms with E-state index in [0.717, 1.165) is 25.7 Å². The minimum Gasteiger partial charge on any atom is -0.462 e. The van der Waals surface area contributed by atoms with Gasteiger partial charge in [-0.1, -0.05) is 19.3 Å². The number of nitrogens with zero attached hydrogens (tertiary/aromatic N) is 2. The summed E-state index contributed by atoms with van der Waals surface area (Å²) in [5, 5.41) is 3.96. The standard InChI is InChI=1S/C15H23N3O3/c16-13-5-9-18(17-13)10-14(19)20-11-12-4-8-15(21-12)6-2-1-3-7-15/h5,9,12H,1-4,6-8,10-11H2,(H2,16,17). The first-order valence-electron chi connectivity index (χ1n) is 7.78. The third-order valence-corrected chi connectivity index (χ3v) is 4.49. The smallest absolute Gasteiger partial charge is 0.327 e. The maximum Gasteiger partial charge on any atom is 0.327 e. The number of carbonyl (C=O) groups excluding carboxylic acids is 1.